The van der Waals surface area contributed by atoms with E-state index < -0.39 is 16.3 Å². The molecule has 1 fully saturated rings. The van der Waals surface area contributed by atoms with E-state index in [1.165, 1.54) is 4.31 Å². The summed E-state index contributed by atoms with van der Waals surface area (Å²) < 4.78 is 31.4. The Hall–Kier alpha value is -0.860. The van der Waals surface area contributed by atoms with Gasteiger partial charge in [0.05, 0.1) is 6.10 Å². The molecule has 0 aromatic heterocycles. The lowest BCUT2D eigenvalue weighted by Gasteiger charge is -2.29. The van der Waals surface area contributed by atoms with Gasteiger partial charge in [-0.15, -0.1) is 0 Å². The lowest BCUT2D eigenvalue weighted by atomic mass is 10.00. The van der Waals surface area contributed by atoms with Crippen LogP contribution in [0.2, 0.25) is 0 Å². The molecular weight excluding hydrogens is 260 g/mol. The van der Waals surface area contributed by atoms with Gasteiger partial charge in [0.2, 0.25) is 0 Å². The van der Waals surface area contributed by atoms with E-state index in [-0.39, 0.29) is 18.6 Å². The molecule has 0 aromatic carbocycles. The normalized spacial score (nSPS) is 18.9. The van der Waals surface area contributed by atoms with Crippen molar-refractivity contribution in [2.45, 2.75) is 32.8 Å². The minimum Gasteiger partial charge on any atom is -0.446 e. The van der Waals surface area contributed by atoms with Gasteiger partial charge in [0, 0.05) is 19.7 Å². The van der Waals surface area contributed by atoms with E-state index in [9.17, 15) is 13.2 Å². The number of ether oxygens (including phenoxy) is 1. The summed E-state index contributed by atoms with van der Waals surface area (Å²) in [6, 6.07) is 0. The predicted octanol–water partition coefficient (Wildman–Crippen LogP) is 0.0701. The fourth-order valence-corrected chi connectivity index (χ4v) is 2.82. The molecule has 0 aromatic rings. The number of carbonyl (C=O) groups is 1. The zero-order valence-electron chi connectivity index (χ0n) is 10.6. The molecule has 0 unspecified atom stereocenters. The van der Waals surface area contributed by atoms with Crippen LogP contribution >= 0.6 is 0 Å². The van der Waals surface area contributed by atoms with Gasteiger partial charge in [0.1, 0.15) is 0 Å². The molecule has 0 bridgehead atoms. The van der Waals surface area contributed by atoms with E-state index in [4.69, 9.17) is 9.84 Å². The Morgan fingerprint density at radius 3 is 2.44 bits per heavy atom. The first-order valence-electron chi connectivity index (χ1n) is 5.94. The average molecular weight is 280 g/mol. The molecule has 0 radical (unpaired) electrons. The van der Waals surface area contributed by atoms with E-state index in [1.807, 2.05) is 4.72 Å². The number of rotatable bonds is 4. The molecule has 0 aliphatic carbocycles. The second kappa shape index (κ2) is 6.35. The van der Waals surface area contributed by atoms with E-state index >= 15 is 0 Å². The summed E-state index contributed by atoms with van der Waals surface area (Å²) in [4.78, 5) is 11.3. The van der Waals surface area contributed by atoms with Crippen LogP contribution in [0.4, 0.5) is 4.79 Å². The Bertz CT molecular complexity index is 374. The highest BCUT2D eigenvalue weighted by atomic mass is 32.2. The van der Waals surface area contributed by atoms with Gasteiger partial charge in [-0.3, -0.25) is 0 Å². The number of nitrogens with one attached hydrogen (secondary N) is 1. The fraction of sp³-hybridized carbons (Fsp3) is 0.900. The summed E-state index contributed by atoms with van der Waals surface area (Å²) in [5, 5.41) is 8.97. The quantitative estimate of drug-likeness (QED) is 0.759. The topological polar surface area (TPSA) is 95.9 Å². The second-order valence-corrected chi connectivity index (χ2v) is 6.26. The van der Waals surface area contributed by atoms with Crippen LogP contribution in [-0.2, 0) is 14.9 Å². The maximum Gasteiger partial charge on any atom is 0.422 e. The number of amides is 1. The number of hydrogen-bond donors (Lipinski definition) is 2. The van der Waals surface area contributed by atoms with Crippen molar-refractivity contribution in [2.24, 2.45) is 5.92 Å². The van der Waals surface area contributed by atoms with Gasteiger partial charge >= 0.3 is 16.3 Å². The summed E-state index contributed by atoms with van der Waals surface area (Å²) >= 11 is 0. The first-order chi connectivity index (χ1) is 8.35. The van der Waals surface area contributed by atoms with Crippen LogP contribution in [0.5, 0.6) is 0 Å². The highest BCUT2D eigenvalue weighted by Gasteiger charge is 2.29. The molecule has 106 valence electrons. The molecule has 7 nitrogen and oxygen atoms in total. The molecule has 1 aliphatic heterocycles. The van der Waals surface area contributed by atoms with Crippen LogP contribution in [0.15, 0.2) is 0 Å². The Balaban J connectivity index is 2.52. The van der Waals surface area contributed by atoms with E-state index in [0.29, 0.717) is 25.9 Å². The number of nitrogens with zero attached hydrogens (tertiary/aromatic N) is 1. The summed E-state index contributed by atoms with van der Waals surface area (Å²) in [6.07, 6.45) is -0.151. The molecule has 1 heterocycles. The standard InChI is InChI=1S/C10H20N2O5S/c1-8(2)17-10(14)11-18(15,16)12-5-3-9(7-13)4-6-12/h8-9,13H,3-7H2,1-2H3,(H,11,14). The summed E-state index contributed by atoms with van der Waals surface area (Å²) in [5.74, 6) is 0.138. The minimum atomic E-state index is -3.83. The van der Waals surface area contributed by atoms with E-state index in [0.717, 1.165) is 0 Å². The lowest BCUT2D eigenvalue weighted by Crippen LogP contribution is -2.47. The fourth-order valence-electron chi connectivity index (χ4n) is 1.74. The highest BCUT2D eigenvalue weighted by molar-refractivity contribution is 7.87. The summed E-state index contributed by atoms with van der Waals surface area (Å²) in [6.45, 7) is 3.94. The van der Waals surface area contributed by atoms with E-state index in [2.05, 4.69) is 0 Å². The van der Waals surface area contributed by atoms with Gasteiger partial charge in [-0.1, -0.05) is 0 Å². The van der Waals surface area contributed by atoms with Gasteiger partial charge in [0.15, 0.2) is 0 Å². The predicted molar refractivity (Wildman–Crippen MR) is 65.1 cm³/mol. The van der Waals surface area contributed by atoms with Crippen molar-refractivity contribution in [2.75, 3.05) is 19.7 Å². The molecule has 0 atom stereocenters. The molecule has 1 amide bonds. The average Bonchev–Trinajstić information content (AvgIpc) is 2.27. The van der Waals surface area contributed by atoms with Crippen molar-refractivity contribution in [3.05, 3.63) is 0 Å². The number of piperidine rings is 1. The van der Waals surface area contributed by atoms with Crippen molar-refractivity contribution in [3.8, 4) is 0 Å². The SMILES string of the molecule is CC(C)OC(=O)NS(=O)(=O)N1CCC(CO)CC1. The van der Waals surface area contributed by atoms with Crippen molar-refractivity contribution < 1.29 is 23.1 Å². The van der Waals surface area contributed by atoms with Crippen molar-refractivity contribution in [1.29, 1.82) is 0 Å². The third-order valence-corrected chi connectivity index (χ3v) is 4.20. The Morgan fingerprint density at radius 1 is 1.44 bits per heavy atom. The smallest absolute Gasteiger partial charge is 0.422 e. The maximum absolute atomic E-state index is 11.8. The van der Waals surface area contributed by atoms with Gasteiger partial charge in [-0.25, -0.2) is 9.52 Å². The Morgan fingerprint density at radius 2 is 2.00 bits per heavy atom. The van der Waals surface area contributed by atoms with Gasteiger partial charge in [-0.05, 0) is 32.6 Å². The third kappa shape index (κ3) is 4.43. The van der Waals surface area contributed by atoms with Crippen molar-refractivity contribution in [1.82, 2.24) is 9.03 Å². The largest absolute Gasteiger partial charge is 0.446 e. The number of aliphatic hydroxyl groups excluding tert-OH is 1. The minimum absolute atomic E-state index is 0.0662. The van der Waals surface area contributed by atoms with E-state index in [1.54, 1.807) is 13.8 Å². The number of aliphatic hydroxyl groups is 1. The van der Waals surface area contributed by atoms with Gasteiger partial charge in [0.25, 0.3) is 0 Å². The molecular formula is C10H20N2O5S. The zero-order chi connectivity index (χ0) is 13.8. The van der Waals surface area contributed by atoms with Crippen LogP contribution in [0, 0.1) is 5.92 Å². The third-order valence-electron chi connectivity index (χ3n) is 2.73. The second-order valence-electron chi connectivity index (χ2n) is 4.59. The number of carbonyl (C=O) groups excluding carboxylic acids is 1. The van der Waals surface area contributed by atoms with Crippen LogP contribution in [0.3, 0.4) is 0 Å². The molecule has 1 aliphatic rings. The van der Waals surface area contributed by atoms with Gasteiger partial charge < -0.3 is 9.84 Å². The molecule has 8 heteroatoms. The molecule has 0 saturated carbocycles. The summed E-state index contributed by atoms with van der Waals surface area (Å²) in [5.41, 5.74) is 0. The first-order valence-corrected chi connectivity index (χ1v) is 7.38. The zero-order valence-corrected chi connectivity index (χ0v) is 11.4. The van der Waals surface area contributed by atoms with Crippen LogP contribution in [-0.4, -0.2) is 49.7 Å². The Kier molecular flexibility index (Phi) is 5.36. The van der Waals surface area contributed by atoms with Crippen molar-refractivity contribution in [3.63, 3.8) is 0 Å². The molecule has 2 N–H and O–H groups in total. The molecule has 1 saturated heterocycles. The van der Waals surface area contributed by atoms with Gasteiger partial charge in [-0.2, -0.15) is 12.7 Å². The molecule has 18 heavy (non-hydrogen) atoms. The monoisotopic (exact) mass is 280 g/mol. The van der Waals surface area contributed by atoms with Crippen molar-refractivity contribution >= 4 is 16.3 Å². The first kappa shape index (κ1) is 15.2. The van der Waals surface area contributed by atoms with Crippen LogP contribution in [0.25, 0.3) is 0 Å². The summed E-state index contributed by atoms with van der Waals surface area (Å²) in [7, 11) is -3.83. The maximum atomic E-state index is 11.8. The van der Waals surface area contributed by atoms with Crippen LogP contribution < -0.4 is 4.72 Å². The number of hydrogen-bond acceptors (Lipinski definition) is 5. The lowest BCUT2D eigenvalue weighted by molar-refractivity contribution is 0.120. The molecule has 0 spiro atoms. The highest BCUT2D eigenvalue weighted by Crippen LogP contribution is 2.18. The Labute approximate surface area is 107 Å². The van der Waals surface area contributed by atoms with Crippen LogP contribution in [0.1, 0.15) is 26.7 Å². The molecule has 1 rings (SSSR count).